The van der Waals surface area contributed by atoms with E-state index in [1.54, 1.807) is 69.3 Å². The van der Waals surface area contributed by atoms with E-state index < -0.39 is 88.7 Å². The van der Waals surface area contributed by atoms with Gasteiger partial charge in [-0.2, -0.15) is 0 Å². The van der Waals surface area contributed by atoms with Gasteiger partial charge in [0.05, 0.1) is 24.3 Å². The van der Waals surface area contributed by atoms with Crippen molar-refractivity contribution < 1.29 is 53.0 Å². The first kappa shape index (κ1) is 72.6. The molecule has 0 radical (unpaired) electrons. The van der Waals surface area contributed by atoms with Crippen LogP contribution >= 0.6 is 0 Å². The van der Waals surface area contributed by atoms with Gasteiger partial charge in [0.15, 0.2) is 0 Å². The van der Waals surface area contributed by atoms with E-state index in [-0.39, 0.29) is 75.2 Å². The Bertz CT molecular complexity index is 3150. The number of amides is 9. The molecule has 0 saturated carbocycles. The molecule has 0 fully saturated rings. The number of ether oxygens (including phenoxy) is 1. The van der Waals surface area contributed by atoms with Crippen molar-refractivity contribution in [2.45, 2.75) is 164 Å². The lowest BCUT2D eigenvalue weighted by Crippen LogP contribution is -2.61. The second-order valence-electron chi connectivity index (χ2n) is 24.6. The molecule has 89 heavy (non-hydrogen) atoms. The van der Waals surface area contributed by atoms with E-state index in [1.807, 2.05) is 128 Å². The third-order valence-electron chi connectivity index (χ3n) is 15.6. The first-order valence-electron chi connectivity index (χ1n) is 30.2. The van der Waals surface area contributed by atoms with E-state index in [0.29, 0.717) is 16.9 Å². The molecule has 10 N–H and O–H groups in total. The number of aliphatic carboxylic acids is 1. The van der Waals surface area contributed by atoms with Crippen LogP contribution in [-0.2, 0) is 69.8 Å². The number of carbonyl (C=O) groups is 9. The summed E-state index contributed by atoms with van der Waals surface area (Å²) in [4.78, 5) is 123. The largest absolute Gasteiger partial charge is 0.478 e. The number of primary amides is 1. The van der Waals surface area contributed by atoms with E-state index in [2.05, 4.69) is 43.8 Å². The summed E-state index contributed by atoms with van der Waals surface area (Å²) in [5, 5.41) is 29.3. The molecule has 0 aromatic heterocycles. The summed E-state index contributed by atoms with van der Waals surface area (Å²) in [7, 11) is 3.27. The zero-order chi connectivity index (χ0) is 66.3. The van der Waals surface area contributed by atoms with Crippen molar-refractivity contribution in [1.82, 2.24) is 36.8 Å². The number of alkyl carbamates (subject to hydrolysis) is 1. The van der Waals surface area contributed by atoms with Crippen LogP contribution in [0.3, 0.4) is 0 Å². The lowest BCUT2D eigenvalue weighted by molar-refractivity contribution is -0.141. The van der Waals surface area contributed by atoms with E-state index in [0.717, 1.165) is 34.2 Å². The number of likely N-dealkylation sites (N-methyl/N-ethyl adjacent to an activating group) is 2. The summed E-state index contributed by atoms with van der Waals surface area (Å²) in [6, 6.07) is 23.9. The molecule has 0 aliphatic rings. The summed E-state index contributed by atoms with van der Waals surface area (Å²) in [5.41, 5.74) is 9.75. The van der Waals surface area contributed by atoms with Crippen LogP contribution < -0.4 is 47.9 Å². The molecule has 21 nitrogen and oxygen atoms in total. The highest BCUT2D eigenvalue weighted by Crippen LogP contribution is 2.31. The highest BCUT2D eigenvalue weighted by Gasteiger charge is 2.42. The fourth-order valence-electron chi connectivity index (χ4n) is 10.3. The molecule has 0 bridgehead atoms. The van der Waals surface area contributed by atoms with Gasteiger partial charge in [0.25, 0.3) is 0 Å². The van der Waals surface area contributed by atoms with Crippen LogP contribution in [0, 0.1) is 17.3 Å². The Morgan fingerprint density at radius 1 is 0.742 bits per heavy atom. The maximum Gasteiger partial charge on any atom is 0.407 e. The minimum atomic E-state index is -1.12. The molecule has 482 valence electrons. The van der Waals surface area contributed by atoms with Gasteiger partial charge >= 0.3 is 18.1 Å². The van der Waals surface area contributed by atoms with Gasteiger partial charge in [-0.25, -0.2) is 14.4 Å². The zero-order valence-electron chi connectivity index (χ0n) is 54.0. The molecule has 4 aromatic carbocycles. The lowest BCUT2D eigenvalue weighted by atomic mass is 9.76. The third-order valence-corrected chi connectivity index (χ3v) is 15.6. The first-order chi connectivity index (χ1) is 41.9. The average Bonchev–Trinajstić information content (AvgIpc) is 1.05. The Kier molecular flexibility index (Phi) is 27.8. The number of nitrogens with zero attached hydrogens (tertiary/aromatic N) is 2. The monoisotopic (exact) mass is 1230 g/mol. The van der Waals surface area contributed by atoms with E-state index in [1.165, 1.54) is 11.8 Å². The minimum absolute atomic E-state index is 0.0859. The SMILES string of the molecule is C=Cc1ccccc1N(Cc1ccccc1CC)C(=O)CCC(=O)N[C@H](C(=O)N[C@@H](CCCNC(N)=O)C(=O)Nc1ccc(COC(=O)NCc2cccc(C(C)(C)C(NC)C(=O)N[C@H](C(=O)N(C)[C@H](/C=C(\C)C(=O)O)C(C)C)C(C)(C)C)c2)cc1)C(C)C. The number of anilines is 2. The minimum Gasteiger partial charge on any atom is -0.478 e. The maximum atomic E-state index is 14.2. The topological polar surface area (TPSA) is 300 Å². The number of aryl methyl sites for hydroxylation is 1. The zero-order valence-corrected chi connectivity index (χ0v) is 54.0. The summed E-state index contributed by atoms with van der Waals surface area (Å²) in [6.07, 6.45) is 3.27. The highest BCUT2D eigenvalue weighted by molar-refractivity contribution is 6.00. The highest BCUT2D eigenvalue weighted by atomic mass is 16.5. The van der Waals surface area contributed by atoms with E-state index in [4.69, 9.17) is 10.5 Å². The number of rotatable bonds is 32. The number of carbonyl (C=O) groups excluding carboxylic acids is 8. The number of hydrogen-bond donors (Lipinski definition) is 9. The molecule has 5 atom stereocenters. The molecular formula is C68H94N10O11. The van der Waals surface area contributed by atoms with Crippen molar-refractivity contribution in [2.24, 2.45) is 23.0 Å². The van der Waals surface area contributed by atoms with Crippen LogP contribution in [-0.4, -0.2) is 114 Å². The van der Waals surface area contributed by atoms with Crippen LogP contribution in [0.2, 0.25) is 0 Å². The van der Waals surface area contributed by atoms with Crippen molar-refractivity contribution in [1.29, 1.82) is 0 Å². The molecule has 21 heteroatoms. The summed E-state index contributed by atoms with van der Waals surface area (Å²) >= 11 is 0. The summed E-state index contributed by atoms with van der Waals surface area (Å²) < 4.78 is 5.53. The van der Waals surface area contributed by atoms with E-state index >= 15 is 0 Å². The van der Waals surface area contributed by atoms with Crippen molar-refractivity contribution in [3.63, 3.8) is 0 Å². The quantitative estimate of drug-likeness (QED) is 0.0165. The Morgan fingerprint density at radius 3 is 1.99 bits per heavy atom. The van der Waals surface area contributed by atoms with Crippen molar-refractivity contribution in [2.75, 3.05) is 30.9 Å². The van der Waals surface area contributed by atoms with Crippen molar-refractivity contribution in [3.8, 4) is 0 Å². The van der Waals surface area contributed by atoms with Gasteiger partial charge in [0, 0.05) is 49.7 Å². The third kappa shape index (κ3) is 21.8. The molecule has 0 aliphatic heterocycles. The normalized spacial score (nSPS) is 13.4. The standard InChI is InChI=1S/C68H94N10O11/c1-15-47-24-17-18-26-49(47)40-78(53-29-20-19-25-48(53)16-2)56(80)35-34-55(79)75-57(43(5)6)61(82)74-52(28-22-36-71-65(69)87)60(81)73-51-32-30-45(31-33-51)41-89-66(88)72-39-46-23-21-27-50(38-46)68(11,12)58(70-13)62(83)76-59(67(8,9)10)63(84)77(14)54(42(3)4)37-44(7)64(85)86/h16-21,23-27,29-33,37-38,42-43,52,54,57-59,70H,2,15,22,28,34-36,39-41H2,1,3-14H3,(H,72,88)(H,73,81)(H,74,82)(H,75,79)(H,76,83)(H,85,86)(H3,69,71,87)/b44-37+/t52-,54+,57-,58?,59+/m0/s1. The lowest BCUT2D eigenvalue weighted by Gasteiger charge is -2.40. The Morgan fingerprint density at radius 2 is 1.39 bits per heavy atom. The van der Waals surface area contributed by atoms with Crippen LogP contribution in [0.15, 0.2) is 115 Å². The van der Waals surface area contributed by atoms with Crippen molar-refractivity contribution in [3.05, 3.63) is 149 Å². The van der Waals surface area contributed by atoms with Gasteiger partial charge in [-0.15, -0.1) is 0 Å². The van der Waals surface area contributed by atoms with E-state index in [9.17, 15) is 48.3 Å². The predicted molar refractivity (Wildman–Crippen MR) is 347 cm³/mol. The number of carboxylic acids is 1. The van der Waals surface area contributed by atoms with Gasteiger partial charge < -0.3 is 62.6 Å². The van der Waals surface area contributed by atoms with Gasteiger partial charge in [-0.1, -0.05) is 167 Å². The fourth-order valence-corrected chi connectivity index (χ4v) is 10.3. The Hall–Kier alpha value is -8.85. The van der Waals surface area contributed by atoms with Crippen LogP contribution in [0.1, 0.15) is 135 Å². The number of para-hydroxylation sites is 1. The average molecular weight is 1230 g/mol. The smallest absolute Gasteiger partial charge is 0.407 e. The molecule has 0 heterocycles. The molecule has 0 saturated heterocycles. The molecule has 1 unspecified atom stereocenters. The fraction of sp³-hybridized carbons (Fsp3) is 0.456. The van der Waals surface area contributed by atoms with Gasteiger partial charge in [-0.05, 0) is 102 Å². The maximum absolute atomic E-state index is 14.2. The predicted octanol–water partition coefficient (Wildman–Crippen LogP) is 8.26. The molecule has 4 rings (SSSR count). The van der Waals surface area contributed by atoms with Gasteiger partial charge in [-0.3, -0.25) is 28.8 Å². The number of urea groups is 1. The van der Waals surface area contributed by atoms with Crippen LogP contribution in [0.5, 0.6) is 0 Å². The Labute approximate surface area is 524 Å². The molecule has 0 spiro atoms. The summed E-state index contributed by atoms with van der Waals surface area (Å²) in [5.74, 6) is -4.44. The van der Waals surface area contributed by atoms with Crippen molar-refractivity contribution >= 4 is 71.0 Å². The number of hydrogen-bond acceptors (Lipinski definition) is 11. The molecule has 9 amide bonds. The van der Waals surface area contributed by atoms with Crippen LogP contribution in [0.4, 0.5) is 21.0 Å². The Balaban J connectivity index is 1.37. The van der Waals surface area contributed by atoms with Gasteiger partial charge in [0.1, 0.15) is 24.7 Å². The number of nitrogens with one attached hydrogen (secondary N) is 7. The van der Waals surface area contributed by atoms with Crippen LogP contribution in [0.25, 0.3) is 6.08 Å². The second kappa shape index (κ2) is 34.1. The molecule has 4 aromatic rings. The number of benzene rings is 4. The second-order valence-corrected chi connectivity index (χ2v) is 24.6. The first-order valence-corrected chi connectivity index (χ1v) is 30.2. The number of carboxylic acid groups (broad SMARTS) is 1. The molecular weight excluding hydrogens is 1130 g/mol. The van der Waals surface area contributed by atoms with Gasteiger partial charge in [0.2, 0.25) is 35.4 Å². The molecule has 0 aliphatic carbocycles. The number of nitrogens with two attached hydrogens (primary N) is 1. The summed E-state index contributed by atoms with van der Waals surface area (Å²) in [6.45, 7) is 24.5.